The van der Waals surface area contributed by atoms with Crippen molar-refractivity contribution in [1.82, 2.24) is 4.31 Å². The molecule has 0 saturated carbocycles. The van der Waals surface area contributed by atoms with Gasteiger partial charge < -0.3 is 13.9 Å². The largest absolute Gasteiger partial charge is 0.465 e. The van der Waals surface area contributed by atoms with Crippen molar-refractivity contribution in [2.24, 2.45) is 0 Å². The predicted octanol–water partition coefficient (Wildman–Crippen LogP) is 2.35. The van der Waals surface area contributed by atoms with Gasteiger partial charge in [0.1, 0.15) is 16.4 Å². The minimum absolute atomic E-state index is 0.0265. The number of carbonyl (C=O) groups excluding carboxylic acids is 2. The van der Waals surface area contributed by atoms with Crippen molar-refractivity contribution < 1.29 is 31.9 Å². The molecule has 0 radical (unpaired) electrons. The number of hydrogen-bond acceptors (Lipinski definition) is 8. The quantitative estimate of drug-likeness (QED) is 0.685. The summed E-state index contributed by atoms with van der Waals surface area (Å²) in [5.74, 6) is -0.450. The van der Waals surface area contributed by atoms with E-state index in [1.54, 1.807) is 19.1 Å². The summed E-state index contributed by atoms with van der Waals surface area (Å²) in [5, 5.41) is 0. The molecule has 0 fully saturated rings. The van der Waals surface area contributed by atoms with E-state index in [4.69, 9.17) is 9.15 Å². The molecule has 26 heavy (non-hydrogen) atoms. The second-order valence-corrected chi connectivity index (χ2v) is 8.74. The number of esters is 2. The van der Waals surface area contributed by atoms with E-state index in [9.17, 15) is 18.0 Å². The van der Waals surface area contributed by atoms with Gasteiger partial charge in [0.2, 0.25) is 0 Å². The normalized spacial score (nSPS) is 11.6. The first-order valence-electron chi connectivity index (χ1n) is 7.45. The monoisotopic (exact) mass is 401 g/mol. The fourth-order valence-electron chi connectivity index (χ4n) is 2.31. The Labute approximate surface area is 155 Å². The summed E-state index contributed by atoms with van der Waals surface area (Å²) in [5.41, 5.74) is 0.0369. The lowest BCUT2D eigenvalue weighted by molar-refractivity contribution is 0.0596. The van der Waals surface area contributed by atoms with Gasteiger partial charge in [-0.1, -0.05) is 0 Å². The lowest BCUT2D eigenvalue weighted by Gasteiger charge is -2.15. The fraction of sp³-hybridized carbons (Fsp3) is 0.375. The van der Waals surface area contributed by atoms with E-state index in [1.165, 1.54) is 21.1 Å². The van der Waals surface area contributed by atoms with Gasteiger partial charge in [0.15, 0.2) is 4.21 Å². The Kier molecular flexibility index (Phi) is 5.89. The number of sulfonamides is 1. The molecule has 0 amide bonds. The molecular weight excluding hydrogens is 382 g/mol. The van der Waals surface area contributed by atoms with Crippen LogP contribution in [0.4, 0.5) is 0 Å². The minimum atomic E-state index is -4.07. The van der Waals surface area contributed by atoms with Crippen LogP contribution in [0.5, 0.6) is 0 Å². The standard InChI is InChI=1S/C16H19NO7S2/c1-9-6-7-11(24-9)8-17(3)26(20,21)16-12(14(18)22-4)10(2)13(25-16)15(19)23-5/h6-7H,8H2,1-5H3. The van der Waals surface area contributed by atoms with Gasteiger partial charge in [0, 0.05) is 7.05 Å². The summed E-state index contributed by atoms with van der Waals surface area (Å²) < 4.78 is 41.5. The van der Waals surface area contributed by atoms with Crippen LogP contribution in [-0.4, -0.2) is 45.9 Å². The van der Waals surface area contributed by atoms with Crippen LogP contribution in [0.2, 0.25) is 0 Å². The van der Waals surface area contributed by atoms with E-state index >= 15 is 0 Å². The summed E-state index contributed by atoms with van der Waals surface area (Å²) in [7, 11) is -0.390. The number of furan rings is 1. The Hall–Kier alpha value is -2.17. The number of thiophene rings is 1. The highest BCUT2D eigenvalue weighted by Crippen LogP contribution is 2.35. The number of nitrogens with zero attached hydrogens (tertiary/aromatic N) is 1. The van der Waals surface area contributed by atoms with Gasteiger partial charge >= 0.3 is 11.9 Å². The molecule has 2 aromatic heterocycles. The molecule has 0 aromatic carbocycles. The summed E-state index contributed by atoms with van der Waals surface area (Å²) >= 11 is 0.678. The maximum atomic E-state index is 13.0. The Bertz CT molecular complexity index is 940. The zero-order valence-electron chi connectivity index (χ0n) is 15.0. The third-order valence-electron chi connectivity index (χ3n) is 3.69. The van der Waals surface area contributed by atoms with Gasteiger partial charge in [-0.25, -0.2) is 18.0 Å². The van der Waals surface area contributed by atoms with Crippen LogP contribution in [0.1, 0.15) is 37.1 Å². The molecular formula is C16H19NO7S2. The Balaban J connectivity index is 2.53. The molecule has 8 nitrogen and oxygen atoms in total. The third-order valence-corrected chi connectivity index (χ3v) is 7.26. The van der Waals surface area contributed by atoms with Crippen molar-refractivity contribution in [3.63, 3.8) is 0 Å². The molecule has 0 saturated heterocycles. The maximum Gasteiger partial charge on any atom is 0.348 e. The van der Waals surface area contributed by atoms with Crippen LogP contribution in [0, 0.1) is 13.8 Å². The Morgan fingerprint density at radius 2 is 1.77 bits per heavy atom. The highest BCUT2D eigenvalue weighted by Gasteiger charge is 2.35. The molecule has 0 bridgehead atoms. The van der Waals surface area contributed by atoms with Crippen molar-refractivity contribution in [3.8, 4) is 0 Å². The van der Waals surface area contributed by atoms with E-state index in [0.29, 0.717) is 22.9 Å². The van der Waals surface area contributed by atoms with Crippen LogP contribution in [0.3, 0.4) is 0 Å². The van der Waals surface area contributed by atoms with E-state index in [1.807, 2.05) is 0 Å². The summed E-state index contributed by atoms with van der Waals surface area (Å²) in [6.45, 7) is 3.20. The topological polar surface area (TPSA) is 103 Å². The van der Waals surface area contributed by atoms with Crippen molar-refractivity contribution >= 4 is 33.3 Å². The number of rotatable bonds is 6. The van der Waals surface area contributed by atoms with Crippen molar-refractivity contribution in [2.45, 2.75) is 24.6 Å². The summed E-state index contributed by atoms with van der Waals surface area (Å²) in [6.07, 6.45) is 0. The number of carbonyl (C=O) groups is 2. The molecule has 2 rings (SSSR count). The lowest BCUT2D eigenvalue weighted by Crippen LogP contribution is -2.27. The molecule has 0 atom stereocenters. The Morgan fingerprint density at radius 3 is 2.27 bits per heavy atom. The molecule has 0 aliphatic carbocycles. The molecule has 142 valence electrons. The number of methoxy groups -OCH3 is 2. The van der Waals surface area contributed by atoms with Gasteiger partial charge in [0.05, 0.1) is 26.3 Å². The van der Waals surface area contributed by atoms with Crippen LogP contribution >= 0.6 is 11.3 Å². The molecule has 2 heterocycles. The maximum absolute atomic E-state index is 13.0. The second-order valence-electron chi connectivity index (χ2n) is 5.48. The number of ether oxygens (including phenoxy) is 2. The highest BCUT2D eigenvalue weighted by molar-refractivity contribution is 7.91. The van der Waals surface area contributed by atoms with E-state index in [-0.39, 0.29) is 26.8 Å². The molecule has 0 N–H and O–H groups in total. The van der Waals surface area contributed by atoms with Crippen LogP contribution < -0.4 is 0 Å². The SMILES string of the molecule is COC(=O)c1sc(S(=O)(=O)N(C)Cc2ccc(C)o2)c(C(=O)OC)c1C. The average molecular weight is 401 g/mol. The van der Waals surface area contributed by atoms with E-state index in [2.05, 4.69) is 4.74 Å². The van der Waals surface area contributed by atoms with Crippen LogP contribution in [0.15, 0.2) is 20.8 Å². The Morgan fingerprint density at radius 1 is 1.15 bits per heavy atom. The average Bonchev–Trinajstić information content (AvgIpc) is 3.16. The molecule has 0 aliphatic rings. The van der Waals surface area contributed by atoms with Gasteiger partial charge in [-0.2, -0.15) is 4.31 Å². The number of hydrogen-bond donors (Lipinski definition) is 0. The first-order valence-corrected chi connectivity index (χ1v) is 9.70. The zero-order chi connectivity index (χ0) is 19.6. The van der Waals surface area contributed by atoms with Crippen molar-refractivity contribution in [1.29, 1.82) is 0 Å². The molecule has 0 spiro atoms. The molecule has 10 heteroatoms. The first kappa shape index (κ1) is 20.1. The van der Waals surface area contributed by atoms with E-state index in [0.717, 1.165) is 11.4 Å². The zero-order valence-corrected chi connectivity index (χ0v) is 16.6. The van der Waals surface area contributed by atoms with Crippen LogP contribution in [-0.2, 0) is 26.0 Å². The van der Waals surface area contributed by atoms with Gasteiger partial charge in [0.25, 0.3) is 10.0 Å². The predicted molar refractivity (Wildman–Crippen MR) is 93.8 cm³/mol. The summed E-state index contributed by atoms with van der Waals surface area (Å²) in [4.78, 5) is 24.1. The third kappa shape index (κ3) is 3.67. The number of aryl methyl sites for hydroxylation is 1. The smallest absolute Gasteiger partial charge is 0.348 e. The molecule has 2 aromatic rings. The summed E-state index contributed by atoms with van der Waals surface area (Å²) in [6, 6.07) is 3.39. The van der Waals surface area contributed by atoms with Gasteiger partial charge in [-0.05, 0) is 31.5 Å². The first-order chi connectivity index (χ1) is 12.1. The lowest BCUT2D eigenvalue weighted by atomic mass is 10.2. The highest BCUT2D eigenvalue weighted by atomic mass is 32.2. The fourth-order valence-corrected chi connectivity index (χ4v) is 5.38. The minimum Gasteiger partial charge on any atom is -0.465 e. The van der Waals surface area contributed by atoms with Gasteiger partial charge in [-0.15, -0.1) is 11.3 Å². The van der Waals surface area contributed by atoms with Gasteiger partial charge in [-0.3, -0.25) is 0 Å². The molecule has 0 aliphatic heterocycles. The van der Waals surface area contributed by atoms with Crippen LogP contribution in [0.25, 0.3) is 0 Å². The molecule has 0 unspecified atom stereocenters. The van der Waals surface area contributed by atoms with Crippen molar-refractivity contribution in [3.05, 3.63) is 39.7 Å². The van der Waals surface area contributed by atoms with Crippen molar-refractivity contribution in [2.75, 3.05) is 21.3 Å². The van der Waals surface area contributed by atoms with E-state index < -0.39 is 22.0 Å². The second kappa shape index (κ2) is 7.60.